The van der Waals surface area contributed by atoms with Crippen molar-refractivity contribution in [1.82, 2.24) is 10.2 Å². The Bertz CT molecular complexity index is 1550. The van der Waals surface area contributed by atoms with Gasteiger partial charge in [-0.1, -0.05) is 59.1 Å². The van der Waals surface area contributed by atoms with E-state index in [0.29, 0.717) is 21.0 Å². The Balaban J connectivity index is 2.14. The molecule has 0 aliphatic heterocycles. The van der Waals surface area contributed by atoms with Gasteiger partial charge in [0.1, 0.15) is 12.6 Å². The molecule has 0 unspecified atom stereocenters. The quantitative estimate of drug-likeness (QED) is 0.275. The molecule has 13 heteroatoms. The number of anilines is 1. The van der Waals surface area contributed by atoms with E-state index in [1.165, 1.54) is 31.2 Å². The summed E-state index contributed by atoms with van der Waals surface area (Å²) in [5.41, 5.74) is -0.470. The Hall–Kier alpha value is -3.28. The molecular formula is C29H30Cl2F3N3O4S. The minimum atomic E-state index is -4.89. The highest BCUT2D eigenvalue weighted by atomic mass is 35.5. The molecule has 42 heavy (non-hydrogen) atoms. The van der Waals surface area contributed by atoms with Gasteiger partial charge in [0.25, 0.3) is 10.0 Å². The van der Waals surface area contributed by atoms with Crippen molar-refractivity contribution in [2.45, 2.75) is 57.4 Å². The lowest BCUT2D eigenvalue weighted by molar-refractivity contribution is -0.139. The fourth-order valence-electron chi connectivity index (χ4n) is 4.05. The lowest BCUT2D eigenvalue weighted by atomic mass is 10.1. The number of sulfonamides is 1. The molecule has 7 nitrogen and oxygen atoms in total. The minimum absolute atomic E-state index is 0.169. The number of nitrogens with zero attached hydrogens (tertiary/aromatic N) is 2. The van der Waals surface area contributed by atoms with Gasteiger partial charge in [0.2, 0.25) is 11.8 Å². The number of hydrogen-bond donors (Lipinski definition) is 1. The van der Waals surface area contributed by atoms with Crippen LogP contribution < -0.4 is 9.62 Å². The second kappa shape index (κ2) is 13.4. The Morgan fingerprint density at radius 3 is 2.12 bits per heavy atom. The van der Waals surface area contributed by atoms with Crippen molar-refractivity contribution >= 4 is 50.7 Å². The molecule has 0 spiro atoms. The first-order chi connectivity index (χ1) is 19.5. The fraction of sp³-hybridized carbons (Fsp3) is 0.310. The number of amides is 2. The lowest BCUT2D eigenvalue weighted by Gasteiger charge is -2.32. The number of aryl methyl sites for hydroxylation is 1. The van der Waals surface area contributed by atoms with Crippen LogP contribution in [0.25, 0.3) is 0 Å². The second-order valence-electron chi connectivity index (χ2n) is 9.94. The van der Waals surface area contributed by atoms with Crippen molar-refractivity contribution < 1.29 is 31.2 Å². The molecule has 0 aliphatic carbocycles. The fourth-order valence-corrected chi connectivity index (χ4v) is 5.88. The molecular weight excluding hydrogens is 614 g/mol. The second-order valence-corrected chi connectivity index (χ2v) is 12.6. The number of rotatable bonds is 10. The van der Waals surface area contributed by atoms with Crippen molar-refractivity contribution in [2.24, 2.45) is 0 Å². The third-order valence-electron chi connectivity index (χ3n) is 6.33. The van der Waals surface area contributed by atoms with Crippen LogP contribution in [0.3, 0.4) is 0 Å². The zero-order valence-corrected chi connectivity index (χ0v) is 25.6. The van der Waals surface area contributed by atoms with E-state index < -0.39 is 56.9 Å². The molecule has 0 radical (unpaired) electrons. The summed E-state index contributed by atoms with van der Waals surface area (Å²) in [6.45, 7) is 5.59. The van der Waals surface area contributed by atoms with Crippen LogP contribution in [-0.4, -0.2) is 43.8 Å². The Labute approximate surface area is 253 Å². The van der Waals surface area contributed by atoms with Crippen molar-refractivity contribution in [2.75, 3.05) is 10.8 Å². The Morgan fingerprint density at radius 2 is 1.55 bits per heavy atom. The molecule has 0 saturated heterocycles. The van der Waals surface area contributed by atoms with Crippen molar-refractivity contribution in [3.8, 4) is 0 Å². The summed E-state index contributed by atoms with van der Waals surface area (Å²) in [6, 6.07) is 13.5. The number of nitrogens with one attached hydrogen (secondary N) is 1. The first-order valence-corrected chi connectivity index (χ1v) is 15.0. The van der Waals surface area contributed by atoms with E-state index in [1.54, 1.807) is 45.0 Å². The predicted octanol–water partition coefficient (Wildman–Crippen LogP) is 6.46. The number of alkyl halides is 3. The third kappa shape index (κ3) is 7.96. The molecule has 0 aliphatic rings. The highest BCUT2D eigenvalue weighted by Crippen LogP contribution is 2.38. The van der Waals surface area contributed by atoms with Gasteiger partial charge in [-0.15, -0.1) is 0 Å². The highest BCUT2D eigenvalue weighted by Gasteiger charge is 2.37. The Morgan fingerprint density at radius 1 is 0.929 bits per heavy atom. The van der Waals surface area contributed by atoms with Gasteiger partial charge in [0.15, 0.2) is 0 Å². The topological polar surface area (TPSA) is 86.8 Å². The molecule has 0 saturated carbocycles. The normalized spacial score (nSPS) is 12.6. The monoisotopic (exact) mass is 643 g/mol. The van der Waals surface area contributed by atoms with Gasteiger partial charge >= 0.3 is 6.18 Å². The first-order valence-electron chi connectivity index (χ1n) is 12.8. The molecule has 2 amide bonds. The number of hydrogen-bond acceptors (Lipinski definition) is 4. The van der Waals surface area contributed by atoms with Crippen LogP contribution in [0.2, 0.25) is 10.0 Å². The van der Waals surface area contributed by atoms with Crippen LogP contribution in [0.4, 0.5) is 18.9 Å². The summed E-state index contributed by atoms with van der Waals surface area (Å²) >= 11 is 12.1. The number of carbonyl (C=O) groups excluding carboxylic acids is 2. The van der Waals surface area contributed by atoms with Crippen LogP contribution in [0.15, 0.2) is 71.6 Å². The van der Waals surface area contributed by atoms with Gasteiger partial charge in [-0.05, 0) is 69.7 Å². The van der Waals surface area contributed by atoms with Gasteiger partial charge < -0.3 is 10.2 Å². The zero-order valence-electron chi connectivity index (χ0n) is 23.2. The summed E-state index contributed by atoms with van der Waals surface area (Å²) in [5.74, 6) is -1.36. The average Bonchev–Trinajstić information content (AvgIpc) is 2.90. The molecule has 3 rings (SSSR count). The maximum atomic E-state index is 13.9. The molecule has 0 heterocycles. The molecule has 1 atom stereocenters. The van der Waals surface area contributed by atoms with Crippen molar-refractivity contribution in [3.05, 3.63) is 93.5 Å². The predicted molar refractivity (Wildman–Crippen MR) is 157 cm³/mol. The summed E-state index contributed by atoms with van der Waals surface area (Å²) in [4.78, 5) is 27.8. The molecule has 0 aromatic heterocycles. The van der Waals surface area contributed by atoms with Gasteiger partial charge in [-0.3, -0.25) is 13.9 Å². The van der Waals surface area contributed by atoms with E-state index in [-0.39, 0.29) is 17.5 Å². The first kappa shape index (κ1) is 33.2. The van der Waals surface area contributed by atoms with Crippen molar-refractivity contribution in [1.29, 1.82) is 0 Å². The van der Waals surface area contributed by atoms with Crippen LogP contribution in [0.5, 0.6) is 0 Å². The third-order valence-corrected chi connectivity index (χ3v) is 8.81. The van der Waals surface area contributed by atoms with E-state index in [1.807, 2.05) is 0 Å². The summed E-state index contributed by atoms with van der Waals surface area (Å²) < 4.78 is 69.5. The minimum Gasteiger partial charge on any atom is -0.352 e. The van der Waals surface area contributed by atoms with Crippen LogP contribution >= 0.6 is 23.2 Å². The van der Waals surface area contributed by atoms with Crippen LogP contribution in [-0.2, 0) is 32.3 Å². The maximum absolute atomic E-state index is 13.9. The molecule has 0 fully saturated rings. The summed E-state index contributed by atoms with van der Waals surface area (Å²) in [5, 5.41) is 2.39. The summed E-state index contributed by atoms with van der Waals surface area (Å²) in [7, 11) is -4.57. The molecule has 1 N–H and O–H groups in total. The lowest BCUT2D eigenvalue weighted by Crippen LogP contribution is -2.52. The van der Waals surface area contributed by atoms with Crippen molar-refractivity contribution in [3.63, 3.8) is 0 Å². The van der Waals surface area contributed by atoms with Gasteiger partial charge in [-0.25, -0.2) is 8.42 Å². The van der Waals surface area contributed by atoms with E-state index in [0.717, 1.165) is 22.6 Å². The molecule has 3 aromatic carbocycles. The smallest absolute Gasteiger partial charge is 0.352 e. The standard InChI is InChI=1S/C29H30Cl2F3N3O4S/c1-18(2)35-28(39)20(4)36(16-21-7-5-6-8-25(21)30)27(38)17-37(42(40,41)23-12-9-19(3)10-13-23)22-11-14-26(31)24(15-22)29(32,33)34/h5-15,18,20H,16-17H2,1-4H3,(H,35,39)/t20-/m0/s1. The van der Waals surface area contributed by atoms with E-state index in [4.69, 9.17) is 23.2 Å². The van der Waals surface area contributed by atoms with Gasteiger partial charge in [-0.2, -0.15) is 13.2 Å². The molecule has 0 bridgehead atoms. The SMILES string of the molecule is Cc1ccc(S(=O)(=O)N(CC(=O)N(Cc2ccccc2Cl)[C@@H](C)C(=O)NC(C)C)c2ccc(Cl)c(C(F)(F)F)c2)cc1. The number of carbonyl (C=O) groups is 2. The van der Waals surface area contributed by atoms with Crippen LogP contribution in [0.1, 0.15) is 37.5 Å². The van der Waals surface area contributed by atoms with Gasteiger partial charge in [0, 0.05) is 17.6 Å². The number of benzene rings is 3. The van der Waals surface area contributed by atoms with E-state index in [2.05, 4.69) is 5.32 Å². The average molecular weight is 645 g/mol. The van der Waals surface area contributed by atoms with Crippen LogP contribution in [0, 0.1) is 6.92 Å². The highest BCUT2D eigenvalue weighted by molar-refractivity contribution is 7.92. The molecule has 3 aromatic rings. The Kier molecular flexibility index (Phi) is 10.6. The summed E-state index contributed by atoms with van der Waals surface area (Å²) in [6.07, 6.45) is -4.89. The largest absolute Gasteiger partial charge is 0.417 e. The zero-order chi connectivity index (χ0) is 31.4. The van der Waals surface area contributed by atoms with E-state index >= 15 is 0 Å². The van der Waals surface area contributed by atoms with Gasteiger partial charge in [0.05, 0.1) is 21.2 Å². The van der Waals surface area contributed by atoms with E-state index in [9.17, 15) is 31.2 Å². The maximum Gasteiger partial charge on any atom is 0.417 e. The molecule has 226 valence electrons. The number of halogens is 5.